The van der Waals surface area contributed by atoms with Crippen LogP contribution in [0.3, 0.4) is 0 Å². The summed E-state index contributed by atoms with van der Waals surface area (Å²) >= 11 is 0. The number of methoxy groups -OCH3 is 1. The first-order valence-electron chi connectivity index (χ1n) is 10.5. The van der Waals surface area contributed by atoms with E-state index in [1.54, 1.807) is 4.90 Å². The van der Waals surface area contributed by atoms with Gasteiger partial charge in [-0.15, -0.1) is 0 Å². The zero-order valence-electron chi connectivity index (χ0n) is 18.3. The first-order valence-corrected chi connectivity index (χ1v) is 10.5. The number of aromatic nitrogens is 1. The zero-order valence-corrected chi connectivity index (χ0v) is 18.3. The fraction of sp³-hybridized carbons (Fsp3) is 0.417. The summed E-state index contributed by atoms with van der Waals surface area (Å²) in [5, 5.41) is 5.49. The van der Waals surface area contributed by atoms with Crippen LogP contribution in [0.4, 0.5) is 10.5 Å². The van der Waals surface area contributed by atoms with E-state index in [1.807, 2.05) is 6.92 Å². The van der Waals surface area contributed by atoms with Crippen LogP contribution in [0.25, 0.3) is 21.8 Å². The smallest absolute Gasteiger partial charge is 0.321 e. The molecule has 1 saturated heterocycles. The topological polar surface area (TPSA) is 63.6 Å². The Balaban J connectivity index is 1.73. The van der Waals surface area contributed by atoms with Gasteiger partial charge in [-0.25, -0.2) is 4.79 Å². The quantitative estimate of drug-likeness (QED) is 0.620. The third-order valence-electron chi connectivity index (χ3n) is 6.20. The molecule has 2 aromatic carbocycles. The molecule has 1 aliphatic rings. The molecule has 0 radical (unpaired) electrons. The highest BCUT2D eigenvalue weighted by atomic mass is 16.5. The third-order valence-corrected chi connectivity index (χ3v) is 6.20. The van der Waals surface area contributed by atoms with Gasteiger partial charge in [0, 0.05) is 41.1 Å². The van der Waals surface area contributed by atoms with Crippen molar-refractivity contribution in [2.75, 3.05) is 25.5 Å². The number of carbonyl (C=O) groups excluding carboxylic acids is 2. The first-order chi connectivity index (χ1) is 14.3. The Morgan fingerprint density at radius 2 is 1.90 bits per heavy atom. The van der Waals surface area contributed by atoms with Crippen molar-refractivity contribution in [1.29, 1.82) is 0 Å². The van der Waals surface area contributed by atoms with Gasteiger partial charge in [0.25, 0.3) is 0 Å². The van der Waals surface area contributed by atoms with Crippen molar-refractivity contribution in [3.63, 3.8) is 0 Å². The number of para-hydroxylation sites is 1. The number of ether oxygens (including phenoxy) is 1. The fourth-order valence-electron chi connectivity index (χ4n) is 4.76. The number of benzene rings is 2. The van der Waals surface area contributed by atoms with E-state index in [0.717, 1.165) is 16.8 Å². The summed E-state index contributed by atoms with van der Waals surface area (Å²) in [6.07, 6.45) is 0.638. The number of hydrogen-bond donors (Lipinski definition) is 1. The maximum atomic E-state index is 12.9. The molecule has 1 aromatic heterocycles. The number of aryl methyl sites for hydroxylation is 2. The highest BCUT2D eigenvalue weighted by Gasteiger charge is 2.32. The van der Waals surface area contributed by atoms with Crippen LogP contribution in [-0.4, -0.2) is 41.7 Å². The van der Waals surface area contributed by atoms with E-state index in [4.69, 9.17) is 4.74 Å². The van der Waals surface area contributed by atoms with Crippen LogP contribution in [-0.2, 0) is 9.53 Å². The molecule has 158 valence electrons. The Kier molecular flexibility index (Phi) is 5.18. The van der Waals surface area contributed by atoms with Gasteiger partial charge < -0.3 is 19.5 Å². The molecule has 2 heterocycles. The van der Waals surface area contributed by atoms with Crippen LogP contribution in [0.5, 0.6) is 0 Å². The Labute approximate surface area is 176 Å². The van der Waals surface area contributed by atoms with E-state index < -0.39 is 0 Å². The summed E-state index contributed by atoms with van der Waals surface area (Å²) in [6, 6.07) is 10.7. The molecule has 1 aliphatic heterocycles. The van der Waals surface area contributed by atoms with E-state index in [0.29, 0.717) is 25.6 Å². The molecule has 2 amide bonds. The maximum absolute atomic E-state index is 12.9. The van der Waals surface area contributed by atoms with Gasteiger partial charge in [-0.1, -0.05) is 18.2 Å². The van der Waals surface area contributed by atoms with Crippen molar-refractivity contribution in [3.05, 3.63) is 41.5 Å². The van der Waals surface area contributed by atoms with E-state index >= 15 is 0 Å². The second kappa shape index (κ2) is 7.67. The molecule has 0 bridgehead atoms. The summed E-state index contributed by atoms with van der Waals surface area (Å²) in [7, 11) is 1.39. The molecule has 4 rings (SSSR count). The van der Waals surface area contributed by atoms with Gasteiger partial charge >= 0.3 is 12.0 Å². The number of hydrogen-bond acceptors (Lipinski definition) is 3. The van der Waals surface area contributed by atoms with Gasteiger partial charge in [0.15, 0.2) is 0 Å². The summed E-state index contributed by atoms with van der Waals surface area (Å²) < 4.78 is 7.19. The lowest BCUT2D eigenvalue weighted by Gasteiger charge is -2.20. The van der Waals surface area contributed by atoms with Crippen molar-refractivity contribution >= 4 is 39.5 Å². The molecule has 1 unspecified atom stereocenters. The molecule has 6 nitrogen and oxygen atoms in total. The van der Waals surface area contributed by atoms with Crippen LogP contribution in [0.1, 0.15) is 37.4 Å². The van der Waals surface area contributed by atoms with Gasteiger partial charge in [-0.3, -0.25) is 4.79 Å². The van der Waals surface area contributed by atoms with Gasteiger partial charge in [0.2, 0.25) is 0 Å². The number of urea groups is 1. The van der Waals surface area contributed by atoms with Gasteiger partial charge in [0.1, 0.15) is 0 Å². The molecular weight excluding hydrogens is 378 g/mol. The number of likely N-dealkylation sites (tertiary alicyclic amines) is 1. The summed E-state index contributed by atoms with van der Waals surface area (Å²) in [5.74, 6) is -0.491. The van der Waals surface area contributed by atoms with Gasteiger partial charge in [-0.05, 0) is 57.4 Å². The van der Waals surface area contributed by atoms with E-state index in [-0.39, 0.29) is 17.9 Å². The number of nitrogens with zero attached hydrogens (tertiary/aromatic N) is 2. The number of esters is 1. The van der Waals surface area contributed by atoms with Crippen molar-refractivity contribution in [1.82, 2.24) is 9.47 Å². The van der Waals surface area contributed by atoms with Crippen molar-refractivity contribution in [2.45, 2.75) is 40.2 Å². The van der Waals surface area contributed by atoms with E-state index in [2.05, 4.69) is 61.0 Å². The zero-order chi connectivity index (χ0) is 21.6. The minimum absolute atomic E-state index is 0.167. The lowest BCUT2D eigenvalue weighted by atomic mass is 10.0. The highest BCUT2D eigenvalue weighted by molar-refractivity contribution is 6.12. The molecule has 1 atom stereocenters. The molecule has 0 aliphatic carbocycles. The van der Waals surface area contributed by atoms with Crippen molar-refractivity contribution < 1.29 is 14.3 Å². The van der Waals surface area contributed by atoms with Crippen molar-refractivity contribution in [3.8, 4) is 0 Å². The minimum Gasteiger partial charge on any atom is -0.469 e. The summed E-state index contributed by atoms with van der Waals surface area (Å²) in [5.41, 5.74) is 5.33. The van der Waals surface area contributed by atoms with Crippen LogP contribution in [0, 0.1) is 19.8 Å². The van der Waals surface area contributed by atoms with Crippen LogP contribution < -0.4 is 5.32 Å². The van der Waals surface area contributed by atoms with Crippen molar-refractivity contribution in [2.24, 2.45) is 5.92 Å². The number of fused-ring (bicyclic) bond motifs is 3. The van der Waals surface area contributed by atoms with Crippen LogP contribution in [0.2, 0.25) is 0 Å². The maximum Gasteiger partial charge on any atom is 0.321 e. The number of amides is 2. The fourth-order valence-corrected chi connectivity index (χ4v) is 4.76. The van der Waals surface area contributed by atoms with Crippen LogP contribution in [0.15, 0.2) is 30.3 Å². The van der Waals surface area contributed by atoms with Gasteiger partial charge in [0.05, 0.1) is 18.5 Å². The number of anilines is 1. The molecule has 1 fully saturated rings. The number of carbonyl (C=O) groups is 2. The Bertz CT molecular complexity index is 1150. The SMILES string of the molecule is COC(=O)C1CCN(C(=O)Nc2c(C)cc3c(c2C)c2ccccc2n3C(C)C)C1. The average Bonchev–Trinajstić information content (AvgIpc) is 3.33. The standard InChI is InChI=1S/C24H29N3O3/c1-14(2)27-19-9-7-6-8-18(19)21-16(4)22(15(3)12-20(21)27)25-24(29)26-11-10-17(13-26)23(28)30-5/h6-9,12,14,17H,10-11,13H2,1-5H3,(H,25,29). The third kappa shape index (κ3) is 3.20. The Morgan fingerprint density at radius 1 is 1.17 bits per heavy atom. The normalized spacial score (nSPS) is 16.6. The lowest BCUT2D eigenvalue weighted by molar-refractivity contribution is -0.144. The van der Waals surface area contributed by atoms with E-state index in [9.17, 15) is 9.59 Å². The van der Waals surface area contributed by atoms with Gasteiger partial charge in [-0.2, -0.15) is 0 Å². The summed E-state index contributed by atoms with van der Waals surface area (Å²) in [6.45, 7) is 9.44. The monoisotopic (exact) mass is 407 g/mol. The predicted molar refractivity (Wildman–Crippen MR) is 120 cm³/mol. The molecule has 6 heteroatoms. The molecule has 1 N–H and O–H groups in total. The number of rotatable bonds is 3. The molecule has 3 aromatic rings. The molecular formula is C24H29N3O3. The minimum atomic E-state index is -0.249. The second-order valence-electron chi connectivity index (χ2n) is 8.45. The highest BCUT2D eigenvalue weighted by Crippen LogP contribution is 2.38. The van der Waals surface area contributed by atoms with Crippen LogP contribution >= 0.6 is 0 Å². The second-order valence-corrected chi connectivity index (χ2v) is 8.45. The largest absolute Gasteiger partial charge is 0.469 e. The number of nitrogens with one attached hydrogen (secondary N) is 1. The average molecular weight is 408 g/mol. The van der Waals surface area contributed by atoms with E-state index in [1.165, 1.54) is 28.9 Å². The predicted octanol–water partition coefficient (Wildman–Crippen LogP) is 5.02. The molecule has 0 saturated carbocycles. The first kappa shape index (κ1) is 20.3. The molecule has 0 spiro atoms. The summed E-state index contributed by atoms with van der Waals surface area (Å²) in [4.78, 5) is 26.4. The lowest BCUT2D eigenvalue weighted by Crippen LogP contribution is -2.34. The Hall–Kier alpha value is -3.02. The molecule has 30 heavy (non-hydrogen) atoms. The Morgan fingerprint density at radius 3 is 2.60 bits per heavy atom.